The van der Waals surface area contributed by atoms with Gasteiger partial charge in [0.2, 0.25) is 0 Å². The van der Waals surface area contributed by atoms with Crippen LogP contribution in [0.2, 0.25) is 0 Å². The Bertz CT molecular complexity index is 446. The van der Waals surface area contributed by atoms with Gasteiger partial charge in [0, 0.05) is 19.3 Å². The molecule has 0 saturated heterocycles. The largest absolute Gasteiger partial charge is 0.469 e. The molecule has 0 aromatic heterocycles. The molecular formula is C16H23NO2. The van der Waals surface area contributed by atoms with E-state index in [9.17, 15) is 4.79 Å². The van der Waals surface area contributed by atoms with Crippen molar-refractivity contribution in [3.8, 4) is 0 Å². The summed E-state index contributed by atoms with van der Waals surface area (Å²) in [5.74, 6) is 0.474. The molecule has 1 fully saturated rings. The van der Waals surface area contributed by atoms with E-state index in [2.05, 4.69) is 43.0 Å². The molecule has 0 atom stereocenters. The fourth-order valence-electron chi connectivity index (χ4n) is 2.45. The second kappa shape index (κ2) is 5.24. The Balaban J connectivity index is 2.04. The molecule has 0 unspecified atom stereocenters. The highest BCUT2D eigenvalue weighted by Gasteiger charge is 2.51. The van der Waals surface area contributed by atoms with Crippen LogP contribution in [0.1, 0.15) is 38.2 Å². The van der Waals surface area contributed by atoms with Gasteiger partial charge in [0.05, 0.1) is 12.5 Å². The number of hydrogen-bond acceptors (Lipinski definition) is 3. The highest BCUT2D eigenvalue weighted by Crippen LogP contribution is 2.47. The maximum absolute atomic E-state index is 11.8. The first kappa shape index (κ1) is 13.9. The zero-order valence-electron chi connectivity index (χ0n) is 12.3. The number of esters is 1. The lowest BCUT2D eigenvalue weighted by atomic mass is 10.0. The average Bonchev–Trinajstić information content (AvgIpc) is 3.18. The van der Waals surface area contributed by atoms with E-state index < -0.39 is 0 Å². The van der Waals surface area contributed by atoms with Crippen LogP contribution in [-0.2, 0) is 9.53 Å². The monoisotopic (exact) mass is 261 g/mol. The van der Waals surface area contributed by atoms with Crippen LogP contribution >= 0.6 is 0 Å². The third-order valence-electron chi connectivity index (χ3n) is 4.01. The molecule has 1 aromatic carbocycles. The first-order valence-electron chi connectivity index (χ1n) is 6.88. The standard InChI is InChI=1S/C16H23NO2/c1-12(2)13-5-7-14(8-6-13)17(3)11-16(9-10-16)15(18)19-4/h5-8,12H,9-11H2,1-4H3. The van der Waals surface area contributed by atoms with E-state index in [-0.39, 0.29) is 11.4 Å². The Morgan fingerprint density at radius 1 is 1.32 bits per heavy atom. The van der Waals surface area contributed by atoms with E-state index in [1.165, 1.54) is 12.7 Å². The molecule has 0 aliphatic heterocycles. The second-order valence-corrected chi connectivity index (χ2v) is 5.87. The van der Waals surface area contributed by atoms with E-state index in [4.69, 9.17) is 4.74 Å². The fraction of sp³-hybridized carbons (Fsp3) is 0.562. The van der Waals surface area contributed by atoms with Gasteiger partial charge in [-0.3, -0.25) is 4.79 Å². The van der Waals surface area contributed by atoms with Gasteiger partial charge in [-0.15, -0.1) is 0 Å². The summed E-state index contributed by atoms with van der Waals surface area (Å²) in [5, 5.41) is 0. The van der Waals surface area contributed by atoms with E-state index in [0.717, 1.165) is 25.1 Å². The van der Waals surface area contributed by atoms with Crippen LogP contribution in [0.5, 0.6) is 0 Å². The average molecular weight is 261 g/mol. The third-order valence-corrected chi connectivity index (χ3v) is 4.01. The summed E-state index contributed by atoms with van der Waals surface area (Å²) in [7, 11) is 3.51. The van der Waals surface area contributed by atoms with Crippen molar-refractivity contribution in [3.63, 3.8) is 0 Å². The molecule has 0 radical (unpaired) electrons. The molecule has 0 heterocycles. The van der Waals surface area contributed by atoms with Gasteiger partial charge in [-0.2, -0.15) is 0 Å². The van der Waals surface area contributed by atoms with Crippen LogP contribution in [0.3, 0.4) is 0 Å². The number of carbonyl (C=O) groups excluding carboxylic acids is 1. The minimum absolute atomic E-state index is 0.0712. The summed E-state index contributed by atoms with van der Waals surface area (Å²) < 4.78 is 4.90. The number of nitrogens with zero attached hydrogens (tertiary/aromatic N) is 1. The first-order valence-corrected chi connectivity index (χ1v) is 6.88. The van der Waals surface area contributed by atoms with Gasteiger partial charge in [0.1, 0.15) is 0 Å². The molecule has 1 saturated carbocycles. The minimum atomic E-state index is -0.264. The Morgan fingerprint density at radius 3 is 2.32 bits per heavy atom. The molecule has 0 bridgehead atoms. The van der Waals surface area contributed by atoms with Gasteiger partial charge < -0.3 is 9.64 Å². The van der Waals surface area contributed by atoms with Crippen LogP contribution in [0.25, 0.3) is 0 Å². The Kier molecular flexibility index (Phi) is 3.83. The first-order chi connectivity index (χ1) is 8.98. The molecule has 3 nitrogen and oxygen atoms in total. The van der Waals surface area contributed by atoms with Gasteiger partial charge in [-0.1, -0.05) is 26.0 Å². The van der Waals surface area contributed by atoms with E-state index in [0.29, 0.717) is 5.92 Å². The van der Waals surface area contributed by atoms with Crippen molar-refractivity contribution in [3.05, 3.63) is 29.8 Å². The maximum atomic E-state index is 11.8. The number of hydrogen-bond donors (Lipinski definition) is 0. The smallest absolute Gasteiger partial charge is 0.313 e. The van der Waals surface area contributed by atoms with E-state index in [1.807, 2.05) is 7.05 Å². The van der Waals surface area contributed by atoms with Crippen molar-refractivity contribution in [1.82, 2.24) is 0 Å². The zero-order chi connectivity index (χ0) is 14.0. The zero-order valence-corrected chi connectivity index (χ0v) is 12.3. The van der Waals surface area contributed by atoms with Gasteiger partial charge >= 0.3 is 5.97 Å². The van der Waals surface area contributed by atoms with Crippen LogP contribution in [0.4, 0.5) is 5.69 Å². The van der Waals surface area contributed by atoms with Crippen molar-refractivity contribution in [2.75, 3.05) is 25.6 Å². The minimum Gasteiger partial charge on any atom is -0.469 e. The molecule has 1 aromatic rings. The molecule has 0 amide bonds. The summed E-state index contributed by atoms with van der Waals surface area (Å²) in [4.78, 5) is 13.9. The molecule has 0 N–H and O–H groups in total. The van der Waals surface area contributed by atoms with Gasteiger partial charge in [0.25, 0.3) is 0 Å². The molecule has 104 valence electrons. The van der Waals surface area contributed by atoms with Gasteiger partial charge in [-0.25, -0.2) is 0 Å². The Morgan fingerprint density at radius 2 is 1.89 bits per heavy atom. The van der Waals surface area contributed by atoms with Gasteiger partial charge in [-0.05, 0) is 36.5 Å². The second-order valence-electron chi connectivity index (χ2n) is 5.87. The quantitative estimate of drug-likeness (QED) is 0.762. The molecule has 1 aliphatic rings. The molecular weight excluding hydrogens is 238 g/mol. The highest BCUT2D eigenvalue weighted by molar-refractivity contribution is 5.80. The van der Waals surface area contributed by atoms with Crippen molar-refractivity contribution in [1.29, 1.82) is 0 Å². The van der Waals surface area contributed by atoms with Crippen molar-refractivity contribution >= 4 is 11.7 Å². The predicted octanol–water partition coefficient (Wildman–Crippen LogP) is 3.20. The van der Waals surface area contributed by atoms with Crippen LogP contribution < -0.4 is 4.90 Å². The molecule has 0 spiro atoms. The number of rotatable bonds is 5. The van der Waals surface area contributed by atoms with E-state index in [1.54, 1.807) is 0 Å². The van der Waals surface area contributed by atoms with Crippen LogP contribution in [0, 0.1) is 5.41 Å². The van der Waals surface area contributed by atoms with Gasteiger partial charge in [0.15, 0.2) is 0 Å². The van der Waals surface area contributed by atoms with E-state index >= 15 is 0 Å². The van der Waals surface area contributed by atoms with Crippen molar-refractivity contribution in [2.24, 2.45) is 5.41 Å². The van der Waals surface area contributed by atoms with Crippen LogP contribution in [-0.4, -0.2) is 26.7 Å². The lowest BCUT2D eigenvalue weighted by Gasteiger charge is -2.24. The van der Waals surface area contributed by atoms with Crippen molar-refractivity contribution < 1.29 is 9.53 Å². The lowest BCUT2D eigenvalue weighted by Crippen LogP contribution is -2.32. The Labute approximate surface area is 115 Å². The number of carbonyl (C=O) groups is 1. The van der Waals surface area contributed by atoms with Crippen LogP contribution in [0.15, 0.2) is 24.3 Å². The Hall–Kier alpha value is -1.51. The topological polar surface area (TPSA) is 29.5 Å². The normalized spacial score (nSPS) is 16.3. The lowest BCUT2D eigenvalue weighted by molar-refractivity contribution is -0.146. The molecule has 1 aliphatic carbocycles. The summed E-state index contributed by atoms with van der Waals surface area (Å²) in [6.45, 7) is 5.12. The number of methoxy groups -OCH3 is 1. The molecule has 2 rings (SSSR count). The summed E-state index contributed by atoms with van der Waals surface area (Å²) >= 11 is 0. The molecule has 19 heavy (non-hydrogen) atoms. The molecule has 3 heteroatoms. The third kappa shape index (κ3) is 2.91. The summed E-state index contributed by atoms with van der Waals surface area (Å²) in [5.41, 5.74) is 2.23. The summed E-state index contributed by atoms with van der Waals surface area (Å²) in [6, 6.07) is 8.58. The number of anilines is 1. The highest BCUT2D eigenvalue weighted by atomic mass is 16.5. The number of ether oxygens (including phenoxy) is 1. The SMILES string of the molecule is COC(=O)C1(CN(C)c2ccc(C(C)C)cc2)CC1. The maximum Gasteiger partial charge on any atom is 0.313 e. The predicted molar refractivity (Wildman–Crippen MR) is 77.5 cm³/mol. The summed E-state index contributed by atoms with van der Waals surface area (Å²) in [6.07, 6.45) is 1.88. The number of benzene rings is 1. The van der Waals surface area contributed by atoms with Crippen molar-refractivity contribution in [2.45, 2.75) is 32.6 Å². The fourth-order valence-corrected chi connectivity index (χ4v) is 2.45.